The summed E-state index contributed by atoms with van der Waals surface area (Å²) in [5, 5.41) is 8.77. The molecule has 3 rings (SSSR count). The second-order valence-corrected chi connectivity index (χ2v) is 6.84. The summed E-state index contributed by atoms with van der Waals surface area (Å²) in [5.74, 6) is 0.0826. The van der Waals surface area contributed by atoms with Crippen molar-refractivity contribution in [1.82, 2.24) is 20.4 Å². The van der Waals surface area contributed by atoms with Gasteiger partial charge in [0, 0.05) is 24.3 Å². The van der Waals surface area contributed by atoms with Crippen LogP contribution in [0.4, 0.5) is 0 Å². The number of piperidine rings is 1. The van der Waals surface area contributed by atoms with Gasteiger partial charge in [-0.05, 0) is 57.5 Å². The van der Waals surface area contributed by atoms with Crippen molar-refractivity contribution in [2.24, 2.45) is 5.41 Å². The molecule has 0 bridgehead atoms. The van der Waals surface area contributed by atoms with Crippen molar-refractivity contribution in [3.05, 3.63) is 21.6 Å². The van der Waals surface area contributed by atoms with Crippen LogP contribution in [0.15, 0.2) is 4.79 Å². The zero-order valence-corrected chi connectivity index (χ0v) is 13.3. The SMILES string of the molecule is Cc1[nH][nH]c(=O)c1CC(=O)N1CCCC2(CCNCC2)CC1. The van der Waals surface area contributed by atoms with Crippen molar-refractivity contribution in [2.45, 2.75) is 45.4 Å². The summed E-state index contributed by atoms with van der Waals surface area (Å²) in [6, 6.07) is 0. The van der Waals surface area contributed by atoms with Gasteiger partial charge in [-0.3, -0.25) is 14.7 Å². The zero-order valence-electron chi connectivity index (χ0n) is 13.3. The van der Waals surface area contributed by atoms with E-state index in [0.717, 1.165) is 44.7 Å². The molecular formula is C16H26N4O2. The molecule has 1 aromatic rings. The first kappa shape index (κ1) is 15.3. The minimum absolute atomic E-state index is 0.0826. The zero-order chi connectivity index (χ0) is 15.6. The highest BCUT2D eigenvalue weighted by atomic mass is 16.2. The summed E-state index contributed by atoms with van der Waals surface area (Å²) in [4.78, 5) is 26.2. The fourth-order valence-corrected chi connectivity index (χ4v) is 3.91. The lowest BCUT2D eigenvalue weighted by atomic mass is 9.73. The summed E-state index contributed by atoms with van der Waals surface area (Å²) in [6.45, 7) is 5.69. The van der Waals surface area contributed by atoms with E-state index >= 15 is 0 Å². The fraction of sp³-hybridized carbons (Fsp3) is 0.750. The van der Waals surface area contributed by atoms with Crippen LogP contribution in [0.5, 0.6) is 0 Å². The van der Waals surface area contributed by atoms with Crippen LogP contribution in [-0.2, 0) is 11.2 Å². The maximum atomic E-state index is 12.5. The Morgan fingerprint density at radius 1 is 1.14 bits per heavy atom. The average Bonchev–Trinajstić information content (AvgIpc) is 2.73. The van der Waals surface area contributed by atoms with Gasteiger partial charge in [0.2, 0.25) is 5.91 Å². The number of hydrogen-bond donors (Lipinski definition) is 3. The quantitative estimate of drug-likeness (QED) is 0.760. The number of rotatable bonds is 2. The number of amides is 1. The van der Waals surface area contributed by atoms with Crippen LogP contribution >= 0.6 is 0 Å². The minimum atomic E-state index is -0.171. The molecule has 6 nitrogen and oxygen atoms in total. The van der Waals surface area contributed by atoms with Gasteiger partial charge in [-0.15, -0.1) is 0 Å². The Morgan fingerprint density at radius 2 is 1.91 bits per heavy atom. The van der Waals surface area contributed by atoms with Gasteiger partial charge in [0.15, 0.2) is 0 Å². The molecule has 0 unspecified atom stereocenters. The Bertz CT molecular complexity index is 583. The summed E-state index contributed by atoms with van der Waals surface area (Å²) in [6.07, 6.45) is 6.07. The molecule has 6 heteroatoms. The summed E-state index contributed by atoms with van der Waals surface area (Å²) in [7, 11) is 0. The molecule has 3 N–H and O–H groups in total. The summed E-state index contributed by atoms with van der Waals surface area (Å²) >= 11 is 0. The van der Waals surface area contributed by atoms with E-state index in [4.69, 9.17) is 0 Å². The molecule has 0 aromatic carbocycles. The van der Waals surface area contributed by atoms with Crippen LogP contribution in [0.1, 0.15) is 43.4 Å². The number of aromatic amines is 2. The van der Waals surface area contributed by atoms with Crippen molar-refractivity contribution >= 4 is 5.91 Å². The fourth-order valence-electron chi connectivity index (χ4n) is 3.91. The average molecular weight is 306 g/mol. The molecule has 0 atom stereocenters. The number of nitrogens with one attached hydrogen (secondary N) is 3. The third kappa shape index (κ3) is 3.11. The van der Waals surface area contributed by atoms with Gasteiger partial charge in [-0.1, -0.05) is 0 Å². The molecule has 22 heavy (non-hydrogen) atoms. The lowest BCUT2D eigenvalue weighted by Crippen LogP contribution is -2.38. The van der Waals surface area contributed by atoms with E-state index in [1.807, 2.05) is 11.8 Å². The highest BCUT2D eigenvalue weighted by Gasteiger charge is 2.34. The number of likely N-dealkylation sites (tertiary alicyclic amines) is 1. The van der Waals surface area contributed by atoms with Crippen LogP contribution in [0, 0.1) is 12.3 Å². The van der Waals surface area contributed by atoms with Crippen molar-refractivity contribution in [3.8, 4) is 0 Å². The molecule has 0 radical (unpaired) electrons. The van der Waals surface area contributed by atoms with Crippen LogP contribution in [-0.4, -0.2) is 47.2 Å². The normalized spacial score (nSPS) is 21.8. The van der Waals surface area contributed by atoms with Crippen molar-refractivity contribution in [1.29, 1.82) is 0 Å². The smallest absolute Gasteiger partial charge is 0.267 e. The summed E-state index contributed by atoms with van der Waals surface area (Å²) in [5.41, 5.74) is 1.60. The molecule has 3 heterocycles. The molecule has 0 aliphatic carbocycles. The van der Waals surface area contributed by atoms with E-state index in [-0.39, 0.29) is 17.9 Å². The van der Waals surface area contributed by atoms with Crippen LogP contribution in [0.2, 0.25) is 0 Å². The Hall–Kier alpha value is -1.56. The van der Waals surface area contributed by atoms with Gasteiger partial charge in [0.05, 0.1) is 6.42 Å². The minimum Gasteiger partial charge on any atom is -0.342 e. The third-order valence-electron chi connectivity index (χ3n) is 5.48. The van der Waals surface area contributed by atoms with E-state index in [1.165, 1.54) is 19.3 Å². The number of H-pyrrole nitrogens is 2. The monoisotopic (exact) mass is 306 g/mol. The molecule has 122 valence electrons. The lowest BCUT2D eigenvalue weighted by Gasteiger charge is -2.37. The van der Waals surface area contributed by atoms with E-state index in [2.05, 4.69) is 15.5 Å². The Labute approximate surface area is 130 Å². The predicted molar refractivity (Wildman–Crippen MR) is 84.8 cm³/mol. The van der Waals surface area contributed by atoms with E-state index in [0.29, 0.717) is 11.0 Å². The third-order valence-corrected chi connectivity index (χ3v) is 5.48. The van der Waals surface area contributed by atoms with Gasteiger partial charge in [0.25, 0.3) is 5.56 Å². The van der Waals surface area contributed by atoms with Gasteiger partial charge < -0.3 is 15.3 Å². The molecule has 2 saturated heterocycles. The molecular weight excluding hydrogens is 280 g/mol. The van der Waals surface area contributed by atoms with Crippen molar-refractivity contribution in [3.63, 3.8) is 0 Å². The second kappa shape index (κ2) is 6.28. The topological polar surface area (TPSA) is 81.0 Å². The first-order chi connectivity index (χ1) is 10.6. The van der Waals surface area contributed by atoms with E-state index < -0.39 is 0 Å². The maximum Gasteiger partial charge on any atom is 0.267 e. The molecule has 2 aliphatic heterocycles. The molecule has 1 amide bonds. The first-order valence-corrected chi connectivity index (χ1v) is 8.34. The number of hydrogen-bond acceptors (Lipinski definition) is 3. The van der Waals surface area contributed by atoms with Gasteiger partial charge in [-0.25, -0.2) is 0 Å². The molecule has 1 spiro atoms. The van der Waals surface area contributed by atoms with E-state index in [1.54, 1.807) is 0 Å². The molecule has 2 fully saturated rings. The van der Waals surface area contributed by atoms with Crippen LogP contribution < -0.4 is 10.9 Å². The standard InChI is InChI=1S/C16H26N4O2/c1-12-13(15(22)19-18-12)11-14(21)20-9-2-3-16(6-10-20)4-7-17-8-5-16/h17H,2-11H2,1H3,(H2,18,19,22). The highest BCUT2D eigenvalue weighted by molar-refractivity contribution is 5.79. The Morgan fingerprint density at radius 3 is 2.59 bits per heavy atom. The van der Waals surface area contributed by atoms with Gasteiger partial charge in [-0.2, -0.15) is 0 Å². The number of nitrogens with zero attached hydrogens (tertiary/aromatic N) is 1. The van der Waals surface area contributed by atoms with Crippen LogP contribution in [0.25, 0.3) is 0 Å². The van der Waals surface area contributed by atoms with Gasteiger partial charge >= 0.3 is 0 Å². The largest absolute Gasteiger partial charge is 0.342 e. The number of carbonyl (C=O) groups is 1. The number of carbonyl (C=O) groups excluding carboxylic acids is 1. The maximum absolute atomic E-state index is 12.5. The van der Waals surface area contributed by atoms with Crippen LogP contribution in [0.3, 0.4) is 0 Å². The molecule has 2 aliphatic rings. The molecule has 0 saturated carbocycles. The number of aromatic nitrogens is 2. The molecule has 1 aromatic heterocycles. The van der Waals surface area contributed by atoms with E-state index in [9.17, 15) is 9.59 Å². The van der Waals surface area contributed by atoms with Crippen molar-refractivity contribution < 1.29 is 4.79 Å². The Kier molecular flexibility index (Phi) is 4.38. The van der Waals surface area contributed by atoms with Crippen molar-refractivity contribution in [2.75, 3.05) is 26.2 Å². The highest BCUT2D eigenvalue weighted by Crippen LogP contribution is 2.39. The first-order valence-electron chi connectivity index (χ1n) is 8.34. The second-order valence-electron chi connectivity index (χ2n) is 6.84. The number of aryl methyl sites for hydroxylation is 1. The van der Waals surface area contributed by atoms with Gasteiger partial charge in [0.1, 0.15) is 0 Å². The predicted octanol–water partition coefficient (Wildman–Crippen LogP) is 0.936. The Balaban J connectivity index is 1.63. The summed E-state index contributed by atoms with van der Waals surface area (Å²) < 4.78 is 0. The lowest BCUT2D eigenvalue weighted by molar-refractivity contribution is -0.130.